The van der Waals surface area contributed by atoms with E-state index >= 15 is 0 Å². The van der Waals surface area contributed by atoms with Crippen LogP contribution in [0.3, 0.4) is 0 Å². The quantitative estimate of drug-likeness (QED) is 0.803. The van der Waals surface area contributed by atoms with E-state index < -0.39 is 0 Å². The van der Waals surface area contributed by atoms with Crippen LogP contribution in [0.2, 0.25) is 0 Å². The van der Waals surface area contributed by atoms with E-state index in [1.807, 2.05) is 66.7 Å². The molecule has 4 heteroatoms. The van der Waals surface area contributed by atoms with Gasteiger partial charge in [0.1, 0.15) is 17.7 Å². The highest BCUT2D eigenvalue weighted by Crippen LogP contribution is 2.32. The van der Waals surface area contributed by atoms with E-state index in [2.05, 4.69) is 6.07 Å². The van der Waals surface area contributed by atoms with Crippen molar-refractivity contribution < 1.29 is 0 Å². The molecule has 1 heterocycles. The lowest BCUT2D eigenvalue weighted by Gasteiger charge is -2.23. The van der Waals surface area contributed by atoms with Gasteiger partial charge in [-0.1, -0.05) is 42.5 Å². The van der Waals surface area contributed by atoms with E-state index in [1.54, 1.807) is 24.3 Å². The van der Waals surface area contributed by atoms with Gasteiger partial charge >= 0.3 is 0 Å². The summed E-state index contributed by atoms with van der Waals surface area (Å²) in [6, 6.07) is 20.9. The van der Waals surface area contributed by atoms with E-state index in [9.17, 15) is 5.26 Å². The Kier molecular flexibility index (Phi) is 4.66. The van der Waals surface area contributed by atoms with Crippen molar-refractivity contribution >= 4 is 22.4 Å². The molecule has 0 unspecified atom stereocenters. The monoisotopic (exact) mass is 334 g/mol. The molecule has 0 aromatic heterocycles. The molecule has 0 atom stereocenters. The fourth-order valence-corrected chi connectivity index (χ4v) is 2.82. The largest absolute Gasteiger partial charge is 0.351 e. The van der Waals surface area contributed by atoms with Crippen LogP contribution in [0.25, 0.3) is 16.7 Å². The molecule has 0 fully saturated rings. The molecule has 1 aliphatic rings. The van der Waals surface area contributed by atoms with Gasteiger partial charge in [-0.3, -0.25) is 0 Å². The molecule has 4 nitrogen and oxygen atoms in total. The molecular weight excluding hydrogens is 320 g/mol. The zero-order valence-electron chi connectivity index (χ0n) is 14.1. The van der Waals surface area contributed by atoms with Crippen molar-refractivity contribution in [2.45, 2.75) is 0 Å². The number of hydrogen-bond donors (Lipinski definition) is 0. The number of para-hydroxylation sites is 1. The Morgan fingerprint density at radius 3 is 2.19 bits per heavy atom. The van der Waals surface area contributed by atoms with Crippen molar-refractivity contribution in [1.82, 2.24) is 0 Å². The van der Waals surface area contributed by atoms with Gasteiger partial charge in [-0.05, 0) is 29.0 Å². The first-order valence-corrected chi connectivity index (χ1v) is 7.95. The lowest BCUT2D eigenvalue weighted by molar-refractivity contribution is 1.18. The smallest absolute Gasteiger partial charge is 0.136 e. The van der Waals surface area contributed by atoms with Crippen LogP contribution in [-0.2, 0) is 0 Å². The predicted molar refractivity (Wildman–Crippen MR) is 101 cm³/mol. The van der Waals surface area contributed by atoms with Crippen molar-refractivity contribution in [3.05, 3.63) is 82.9 Å². The Hall–Kier alpha value is -4.07. The Morgan fingerprint density at radius 1 is 0.885 bits per heavy atom. The van der Waals surface area contributed by atoms with Gasteiger partial charge in [-0.2, -0.15) is 15.8 Å². The van der Waals surface area contributed by atoms with Gasteiger partial charge in [0.05, 0.1) is 11.6 Å². The standard InChI is InChI=1S/C22H14N4/c1-26-11-10-18(21-4-2-3-5-22(21)26)12-19(13-23)16-6-8-17(9-7-16)20(14-24)15-25/h2-12H,1H3/b18-12-. The second kappa shape index (κ2) is 7.22. The number of nitrogens with zero attached hydrogens (tertiary/aromatic N) is 4. The van der Waals surface area contributed by atoms with Gasteiger partial charge in [-0.25, -0.2) is 0 Å². The highest BCUT2D eigenvalue weighted by molar-refractivity contribution is 5.92. The van der Waals surface area contributed by atoms with Crippen LogP contribution in [0.5, 0.6) is 0 Å². The fraction of sp³-hybridized carbons (Fsp3) is 0.0455. The third-order valence-electron chi connectivity index (χ3n) is 4.20. The zero-order valence-corrected chi connectivity index (χ0v) is 14.1. The molecule has 0 bridgehead atoms. The topological polar surface area (TPSA) is 74.6 Å². The lowest BCUT2D eigenvalue weighted by atomic mass is 9.97. The minimum absolute atomic E-state index is 0.0561. The number of rotatable bonds is 1. The fourth-order valence-electron chi connectivity index (χ4n) is 2.82. The Bertz CT molecular complexity index is 1140. The van der Waals surface area contributed by atoms with Crippen LogP contribution < -0.4 is 15.3 Å². The summed E-state index contributed by atoms with van der Waals surface area (Å²) in [6.45, 7) is 0. The first-order chi connectivity index (χ1) is 12.7. The van der Waals surface area contributed by atoms with Crippen molar-refractivity contribution in [2.24, 2.45) is 0 Å². The summed E-state index contributed by atoms with van der Waals surface area (Å²) in [5.41, 5.74) is 3.68. The van der Waals surface area contributed by atoms with Gasteiger partial charge in [0.25, 0.3) is 0 Å². The van der Waals surface area contributed by atoms with Gasteiger partial charge in [0.15, 0.2) is 0 Å². The number of allylic oxidation sites excluding steroid dienone is 3. The summed E-state index contributed by atoms with van der Waals surface area (Å²) in [5.74, 6) is 0. The zero-order chi connectivity index (χ0) is 18.5. The Labute approximate surface area is 151 Å². The normalized spacial score (nSPS) is 13.3. The second-order valence-corrected chi connectivity index (χ2v) is 5.74. The number of fused-ring (bicyclic) bond motifs is 1. The summed E-state index contributed by atoms with van der Waals surface area (Å²) < 4.78 is 0. The summed E-state index contributed by atoms with van der Waals surface area (Å²) in [5, 5.41) is 28.8. The predicted octanol–water partition coefficient (Wildman–Crippen LogP) is 2.61. The van der Waals surface area contributed by atoms with Crippen molar-refractivity contribution in [1.29, 1.82) is 15.8 Å². The minimum Gasteiger partial charge on any atom is -0.351 e. The second-order valence-electron chi connectivity index (χ2n) is 5.74. The Morgan fingerprint density at radius 2 is 1.54 bits per heavy atom. The highest BCUT2D eigenvalue weighted by Gasteiger charge is 2.13. The van der Waals surface area contributed by atoms with Crippen LogP contribution in [0.1, 0.15) is 5.56 Å². The molecule has 26 heavy (non-hydrogen) atoms. The van der Waals surface area contributed by atoms with Gasteiger partial charge in [0.2, 0.25) is 0 Å². The summed E-state index contributed by atoms with van der Waals surface area (Å²) >= 11 is 0. The Balaban J connectivity index is 2.16. The number of hydrogen-bond acceptors (Lipinski definition) is 4. The third kappa shape index (κ3) is 3.11. The molecule has 0 radical (unpaired) electrons. The van der Waals surface area contributed by atoms with Crippen molar-refractivity contribution in [3.63, 3.8) is 0 Å². The molecule has 0 saturated carbocycles. The molecular formula is C22H14N4. The SMILES string of the molecule is CN1C=C/C(=C/C(C#N)=c2ccc(=C(C#N)C#N)cc2)c2ccccc21. The molecule has 0 spiro atoms. The van der Waals surface area contributed by atoms with Crippen LogP contribution in [0, 0.1) is 34.0 Å². The van der Waals surface area contributed by atoms with Crippen LogP contribution >= 0.6 is 0 Å². The third-order valence-corrected chi connectivity index (χ3v) is 4.20. The molecule has 0 N–H and O–H groups in total. The maximum Gasteiger partial charge on any atom is 0.136 e. The number of anilines is 1. The molecule has 3 rings (SSSR count). The van der Waals surface area contributed by atoms with Crippen LogP contribution in [0.15, 0.2) is 66.9 Å². The van der Waals surface area contributed by atoms with Gasteiger partial charge in [-0.15, -0.1) is 0 Å². The molecule has 0 amide bonds. The van der Waals surface area contributed by atoms with E-state index in [0.717, 1.165) is 22.0 Å². The summed E-state index contributed by atoms with van der Waals surface area (Å²) in [7, 11) is 1.98. The average molecular weight is 334 g/mol. The van der Waals surface area contributed by atoms with E-state index in [1.165, 1.54) is 0 Å². The van der Waals surface area contributed by atoms with Crippen LogP contribution in [0.4, 0.5) is 5.69 Å². The molecule has 2 aromatic carbocycles. The molecule has 1 aliphatic heterocycles. The first kappa shape index (κ1) is 16.8. The van der Waals surface area contributed by atoms with E-state index in [-0.39, 0.29) is 5.57 Å². The molecule has 2 aromatic rings. The maximum atomic E-state index is 9.60. The summed E-state index contributed by atoms with van der Waals surface area (Å²) in [4.78, 5) is 2.04. The molecule has 0 saturated heterocycles. The minimum atomic E-state index is 0.0561. The summed E-state index contributed by atoms with van der Waals surface area (Å²) in [6.07, 6.45) is 5.80. The van der Waals surface area contributed by atoms with Gasteiger partial charge < -0.3 is 4.90 Å². The molecule has 122 valence electrons. The van der Waals surface area contributed by atoms with E-state index in [0.29, 0.717) is 10.8 Å². The maximum absolute atomic E-state index is 9.60. The van der Waals surface area contributed by atoms with Gasteiger partial charge in [0, 0.05) is 29.7 Å². The van der Waals surface area contributed by atoms with Crippen LogP contribution in [-0.4, -0.2) is 7.05 Å². The highest BCUT2D eigenvalue weighted by atomic mass is 15.1. The molecule has 0 aliphatic carbocycles. The number of benzene rings is 2. The van der Waals surface area contributed by atoms with Crippen molar-refractivity contribution in [3.8, 4) is 18.2 Å². The average Bonchev–Trinajstić information content (AvgIpc) is 2.69. The van der Waals surface area contributed by atoms with Crippen molar-refractivity contribution in [2.75, 3.05) is 11.9 Å². The number of nitriles is 3. The van der Waals surface area contributed by atoms with E-state index in [4.69, 9.17) is 10.5 Å². The first-order valence-electron chi connectivity index (χ1n) is 7.95. The lowest BCUT2D eigenvalue weighted by Crippen LogP contribution is -2.14.